The summed E-state index contributed by atoms with van der Waals surface area (Å²) < 4.78 is 55.2. The molecule has 0 spiro atoms. The van der Waals surface area contributed by atoms with Crippen LogP contribution in [0.3, 0.4) is 0 Å². The average Bonchev–Trinajstić information content (AvgIpc) is 3.00. The molecular weight excluding hydrogens is 442 g/mol. The highest BCUT2D eigenvalue weighted by Gasteiger charge is 2.32. The summed E-state index contributed by atoms with van der Waals surface area (Å²) in [6.07, 6.45) is 0.467. The van der Waals surface area contributed by atoms with Crippen LogP contribution >= 0.6 is 0 Å². The first-order chi connectivity index (χ1) is 14.3. The van der Waals surface area contributed by atoms with E-state index in [9.17, 15) is 21.6 Å². The number of ether oxygens (including phenoxy) is 1. The number of hydrogen-bond acceptors (Lipinski definition) is 6. The smallest absolute Gasteiger partial charge is 0.265 e. The Hall–Kier alpha value is -2.47. The second-order valence-corrected chi connectivity index (χ2v) is 11.4. The fourth-order valence-corrected chi connectivity index (χ4v) is 5.18. The first kappa shape index (κ1) is 23.2. The molecule has 1 aliphatic rings. The molecule has 0 fully saturated rings. The largest absolute Gasteiger partial charge is 0.482 e. The number of carbonyl (C=O) groups excluding carboxylic acids is 1. The highest BCUT2D eigenvalue weighted by atomic mass is 32.2. The number of fused-ring (bicyclic) bond motifs is 1. The Morgan fingerprint density at radius 3 is 2.45 bits per heavy atom. The highest BCUT2D eigenvalue weighted by molar-refractivity contribution is 7.89. The van der Waals surface area contributed by atoms with E-state index in [-0.39, 0.29) is 34.1 Å². The van der Waals surface area contributed by atoms with Crippen LogP contribution < -0.4 is 14.8 Å². The molecule has 31 heavy (non-hydrogen) atoms. The lowest BCUT2D eigenvalue weighted by Gasteiger charge is -2.23. The van der Waals surface area contributed by atoms with Crippen molar-refractivity contribution < 1.29 is 26.4 Å². The molecule has 0 saturated carbocycles. The predicted molar refractivity (Wildman–Crippen MR) is 116 cm³/mol. The van der Waals surface area contributed by atoms with Gasteiger partial charge in [-0.05, 0) is 61.7 Å². The third kappa shape index (κ3) is 4.59. The van der Waals surface area contributed by atoms with Crippen molar-refractivity contribution in [1.29, 1.82) is 0 Å². The number of nitrogens with two attached hydrogens (primary N) is 1. The zero-order chi connectivity index (χ0) is 23.1. The molecule has 0 aliphatic carbocycles. The summed E-state index contributed by atoms with van der Waals surface area (Å²) in [6, 6.07) is 8.88. The maximum Gasteiger partial charge on any atom is 0.265 e. The number of rotatable bonds is 6. The lowest BCUT2D eigenvalue weighted by molar-refractivity contribution is -0.120. The normalized spacial score (nSPS) is 16.5. The van der Waals surface area contributed by atoms with Crippen LogP contribution in [0.5, 0.6) is 5.75 Å². The fourth-order valence-electron chi connectivity index (χ4n) is 3.51. The molecule has 11 heteroatoms. The third-order valence-electron chi connectivity index (χ3n) is 5.07. The minimum Gasteiger partial charge on any atom is -0.482 e. The van der Waals surface area contributed by atoms with Crippen LogP contribution in [0.15, 0.2) is 46.2 Å². The van der Waals surface area contributed by atoms with Crippen molar-refractivity contribution in [3.63, 3.8) is 0 Å². The van der Waals surface area contributed by atoms with Gasteiger partial charge >= 0.3 is 0 Å². The highest BCUT2D eigenvalue weighted by Crippen LogP contribution is 2.34. The van der Waals surface area contributed by atoms with Gasteiger partial charge in [-0.25, -0.2) is 26.3 Å². The van der Waals surface area contributed by atoms with E-state index >= 15 is 0 Å². The van der Waals surface area contributed by atoms with Gasteiger partial charge in [-0.3, -0.25) is 4.79 Å². The number of sulfonamides is 2. The maximum absolute atomic E-state index is 12.9. The van der Waals surface area contributed by atoms with E-state index in [4.69, 9.17) is 9.88 Å². The number of aryl methyl sites for hydroxylation is 1. The predicted octanol–water partition coefficient (Wildman–Crippen LogP) is 1.25. The van der Waals surface area contributed by atoms with E-state index in [0.29, 0.717) is 17.7 Å². The van der Waals surface area contributed by atoms with Crippen LogP contribution in [-0.2, 0) is 31.3 Å². The first-order valence-corrected chi connectivity index (χ1v) is 12.4. The van der Waals surface area contributed by atoms with Crippen molar-refractivity contribution in [3.8, 4) is 5.75 Å². The van der Waals surface area contributed by atoms with Gasteiger partial charge in [0, 0.05) is 25.8 Å². The molecular formula is C20H25N3O6S2. The standard InChI is InChI=1S/C20H25N3O6S2/c1-13-5-8-18(19(9-13)31(27,28)22(3)4)29-12-20(24)23-14(2)10-15-11-16(30(21,25)26)6-7-17(15)23/h5-9,11,14H,10,12H2,1-4H3,(H2,21,25,26)/t14-/m0/s1. The summed E-state index contributed by atoms with van der Waals surface area (Å²) in [5.41, 5.74) is 2.02. The number of carbonyl (C=O) groups is 1. The summed E-state index contributed by atoms with van der Waals surface area (Å²) in [5.74, 6) is -0.285. The Labute approximate surface area is 182 Å². The molecule has 0 unspecified atom stereocenters. The van der Waals surface area contributed by atoms with Gasteiger partial charge in [0.25, 0.3) is 5.91 Å². The summed E-state index contributed by atoms with van der Waals surface area (Å²) in [5, 5.41) is 5.19. The minimum atomic E-state index is -3.84. The van der Waals surface area contributed by atoms with E-state index in [1.54, 1.807) is 19.1 Å². The monoisotopic (exact) mass is 467 g/mol. The molecule has 9 nitrogen and oxygen atoms in total. The first-order valence-electron chi connectivity index (χ1n) is 9.46. The summed E-state index contributed by atoms with van der Waals surface area (Å²) in [7, 11) is -4.76. The topological polar surface area (TPSA) is 127 Å². The van der Waals surface area contributed by atoms with E-state index in [2.05, 4.69) is 0 Å². The summed E-state index contributed by atoms with van der Waals surface area (Å²) in [4.78, 5) is 14.4. The van der Waals surface area contributed by atoms with Crippen molar-refractivity contribution in [3.05, 3.63) is 47.5 Å². The molecule has 1 heterocycles. The summed E-state index contributed by atoms with van der Waals surface area (Å²) >= 11 is 0. The van der Waals surface area contributed by atoms with Crippen molar-refractivity contribution in [1.82, 2.24) is 4.31 Å². The van der Waals surface area contributed by atoms with E-state index in [0.717, 1.165) is 9.87 Å². The average molecular weight is 468 g/mol. The molecule has 0 radical (unpaired) electrons. The fraction of sp³-hybridized carbons (Fsp3) is 0.350. The number of nitrogens with zero attached hydrogens (tertiary/aromatic N) is 2. The van der Waals surface area contributed by atoms with Crippen LogP contribution in [0, 0.1) is 6.92 Å². The lowest BCUT2D eigenvalue weighted by atomic mass is 10.1. The minimum absolute atomic E-state index is 0.0119. The molecule has 1 amide bonds. The molecule has 2 aromatic carbocycles. The van der Waals surface area contributed by atoms with Crippen LogP contribution in [0.1, 0.15) is 18.1 Å². The Bertz CT molecular complexity index is 1240. The van der Waals surface area contributed by atoms with Crippen molar-refractivity contribution in [2.45, 2.75) is 36.1 Å². The van der Waals surface area contributed by atoms with E-state index in [1.807, 2.05) is 6.92 Å². The molecule has 0 aromatic heterocycles. The van der Waals surface area contributed by atoms with Gasteiger partial charge in [0.05, 0.1) is 4.90 Å². The number of hydrogen-bond donors (Lipinski definition) is 1. The summed E-state index contributed by atoms with van der Waals surface area (Å²) in [6.45, 7) is 3.23. The van der Waals surface area contributed by atoms with Gasteiger partial charge in [-0.1, -0.05) is 6.07 Å². The van der Waals surface area contributed by atoms with Gasteiger partial charge in [0.15, 0.2) is 6.61 Å². The van der Waals surface area contributed by atoms with Crippen LogP contribution in [0.4, 0.5) is 5.69 Å². The van der Waals surface area contributed by atoms with Gasteiger partial charge in [0.1, 0.15) is 10.6 Å². The molecule has 2 aromatic rings. The quantitative estimate of drug-likeness (QED) is 0.681. The Kier molecular flexibility index (Phi) is 6.16. The van der Waals surface area contributed by atoms with Gasteiger partial charge < -0.3 is 9.64 Å². The second-order valence-electron chi connectivity index (χ2n) is 7.68. The number of benzene rings is 2. The molecule has 1 atom stereocenters. The molecule has 1 aliphatic heterocycles. The van der Waals surface area contributed by atoms with Gasteiger partial charge in [-0.15, -0.1) is 0 Å². The Morgan fingerprint density at radius 1 is 1.16 bits per heavy atom. The van der Waals surface area contributed by atoms with Crippen LogP contribution in [0.2, 0.25) is 0 Å². The maximum atomic E-state index is 12.9. The molecule has 0 saturated heterocycles. The van der Waals surface area contributed by atoms with Crippen molar-refractivity contribution in [2.75, 3.05) is 25.6 Å². The molecule has 2 N–H and O–H groups in total. The SMILES string of the molecule is Cc1ccc(OCC(=O)N2c3ccc(S(N)(=O)=O)cc3C[C@@H]2C)c(S(=O)(=O)N(C)C)c1. The van der Waals surface area contributed by atoms with Crippen molar-refractivity contribution in [2.24, 2.45) is 5.14 Å². The number of amides is 1. The number of anilines is 1. The zero-order valence-electron chi connectivity index (χ0n) is 17.7. The molecule has 0 bridgehead atoms. The third-order valence-corrected chi connectivity index (χ3v) is 7.82. The Morgan fingerprint density at radius 2 is 1.84 bits per heavy atom. The van der Waals surface area contributed by atoms with E-state index in [1.165, 1.54) is 43.3 Å². The lowest BCUT2D eigenvalue weighted by Crippen LogP contribution is -2.39. The van der Waals surface area contributed by atoms with Gasteiger partial charge in [-0.2, -0.15) is 0 Å². The van der Waals surface area contributed by atoms with Crippen molar-refractivity contribution >= 4 is 31.6 Å². The van der Waals surface area contributed by atoms with E-state index < -0.39 is 20.0 Å². The number of primary sulfonamides is 1. The van der Waals surface area contributed by atoms with Crippen LogP contribution in [0.25, 0.3) is 0 Å². The molecule has 168 valence electrons. The second kappa shape index (κ2) is 8.23. The van der Waals surface area contributed by atoms with Crippen LogP contribution in [-0.4, -0.2) is 53.8 Å². The Balaban J connectivity index is 1.85. The zero-order valence-corrected chi connectivity index (χ0v) is 19.3. The van der Waals surface area contributed by atoms with Gasteiger partial charge in [0.2, 0.25) is 20.0 Å². The molecule has 3 rings (SSSR count).